The number of aliphatic carboxylic acids is 1. The summed E-state index contributed by atoms with van der Waals surface area (Å²) in [6.07, 6.45) is 3.04. The van der Waals surface area contributed by atoms with Crippen molar-refractivity contribution in [1.29, 1.82) is 0 Å². The third-order valence-electron chi connectivity index (χ3n) is 3.78. The minimum atomic E-state index is -1.11. The van der Waals surface area contributed by atoms with Gasteiger partial charge in [0.1, 0.15) is 0 Å². The quantitative estimate of drug-likeness (QED) is 0.516. The van der Waals surface area contributed by atoms with Crippen LogP contribution in [0.5, 0.6) is 0 Å². The molecule has 0 bridgehead atoms. The summed E-state index contributed by atoms with van der Waals surface area (Å²) < 4.78 is 10.5. The molecule has 1 aliphatic rings. The Bertz CT molecular complexity index is 388. The zero-order valence-electron chi connectivity index (χ0n) is 13.5. The molecule has 0 aromatic carbocycles. The first-order valence-corrected chi connectivity index (χ1v) is 7.93. The molecule has 1 saturated heterocycles. The Balaban J connectivity index is 2.42. The van der Waals surface area contributed by atoms with Gasteiger partial charge >= 0.3 is 11.9 Å². The number of rotatable bonds is 9. The maximum atomic E-state index is 12.0. The second-order valence-electron chi connectivity index (χ2n) is 5.68. The Hall–Kier alpha value is -1.40. The molecule has 0 amide bonds. The van der Waals surface area contributed by atoms with Gasteiger partial charge in [-0.2, -0.15) is 0 Å². The van der Waals surface area contributed by atoms with Crippen LogP contribution in [0.1, 0.15) is 33.1 Å². The van der Waals surface area contributed by atoms with E-state index in [0.717, 1.165) is 51.8 Å². The highest BCUT2D eigenvalue weighted by Gasteiger charge is 2.16. The van der Waals surface area contributed by atoms with E-state index in [-0.39, 0.29) is 11.5 Å². The van der Waals surface area contributed by atoms with Gasteiger partial charge in [0.05, 0.1) is 19.8 Å². The van der Waals surface area contributed by atoms with Crippen LogP contribution in [-0.4, -0.2) is 61.4 Å². The Morgan fingerprint density at radius 3 is 2.64 bits per heavy atom. The van der Waals surface area contributed by atoms with Gasteiger partial charge in [-0.15, -0.1) is 0 Å². The van der Waals surface area contributed by atoms with Gasteiger partial charge in [0, 0.05) is 24.7 Å². The highest BCUT2D eigenvalue weighted by molar-refractivity contribution is 5.95. The smallest absolute Gasteiger partial charge is 0.334 e. The minimum Gasteiger partial charge on any atom is -0.478 e. The van der Waals surface area contributed by atoms with Gasteiger partial charge in [-0.05, 0) is 25.3 Å². The number of ether oxygens (including phenoxy) is 2. The van der Waals surface area contributed by atoms with Crippen molar-refractivity contribution in [1.82, 2.24) is 4.90 Å². The van der Waals surface area contributed by atoms with Crippen LogP contribution in [0, 0.1) is 5.92 Å². The summed E-state index contributed by atoms with van der Waals surface area (Å²) in [6.45, 7) is 8.41. The SMILES string of the molecule is CCC(C)COC(=O)/C(=C/C(=O)O)CCCN1CCOCC1. The fourth-order valence-corrected chi connectivity index (χ4v) is 2.13. The Kier molecular flexibility index (Phi) is 8.77. The van der Waals surface area contributed by atoms with Crippen LogP contribution < -0.4 is 0 Å². The summed E-state index contributed by atoms with van der Waals surface area (Å²) >= 11 is 0. The molecule has 0 aromatic heterocycles. The van der Waals surface area contributed by atoms with Crippen LogP contribution in [-0.2, 0) is 19.1 Å². The topological polar surface area (TPSA) is 76.1 Å². The third kappa shape index (κ3) is 7.56. The summed E-state index contributed by atoms with van der Waals surface area (Å²) in [5, 5.41) is 8.89. The van der Waals surface area contributed by atoms with Crippen molar-refractivity contribution in [2.24, 2.45) is 5.92 Å². The monoisotopic (exact) mass is 313 g/mol. The molecule has 126 valence electrons. The number of carboxylic acid groups (broad SMARTS) is 1. The number of carbonyl (C=O) groups excluding carboxylic acids is 1. The maximum absolute atomic E-state index is 12.0. The average molecular weight is 313 g/mol. The summed E-state index contributed by atoms with van der Waals surface area (Å²) in [6, 6.07) is 0. The number of hydrogen-bond acceptors (Lipinski definition) is 5. The summed E-state index contributed by atoms with van der Waals surface area (Å²) in [5.74, 6) is -1.34. The first-order valence-electron chi connectivity index (χ1n) is 7.93. The van der Waals surface area contributed by atoms with Crippen LogP contribution in [0.3, 0.4) is 0 Å². The van der Waals surface area contributed by atoms with Crippen LogP contribution in [0.15, 0.2) is 11.6 Å². The molecule has 1 N–H and O–H groups in total. The standard InChI is InChI=1S/C16H27NO5/c1-3-13(2)12-22-16(20)14(11-15(18)19)5-4-6-17-7-9-21-10-8-17/h11,13H,3-10,12H2,1-2H3,(H,18,19)/b14-11+. The predicted molar refractivity (Wildman–Crippen MR) is 82.6 cm³/mol. The normalized spacial score (nSPS) is 18.0. The Labute approximate surface area is 132 Å². The number of esters is 1. The van der Waals surface area contributed by atoms with E-state index in [0.29, 0.717) is 13.0 Å². The number of hydrogen-bond donors (Lipinski definition) is 1. The van der Waals surface area contributed by atoms with Crippen molar-refractivity contribution in [3.05, 3.63) is 11.6 Å². The van der Waals surface area contributed by atoms with Gasteiger partial charge in [0.2, 0.25) is 0 Å². The van der Waals surface area contributed by atoms with Crippen molar-refractivity contribution < 1.29 is 24.2 Å². The van der Waals surface area contributed by atoms with Gasteiger partial charge in [0.15, 0.2) is 0 Å². The first kappa shape index (κ1) is 18.6. The Morgan fingerprint density at radius 2 is 2.05 bits per heavy atom. The molecule has 0 aromatic rings. The molecule has 0 saturated carbocycles. The van der Waals surface area contributed by atoms with Crippen molar-refractivity contribution in [2.75, 3.05) is 39.5 Å². The highest BCUT2D eigenvalue weighted by atomic mass is 16.5. The molecule has 22 heavy (non-hydrogen) atoms. The zero-order valence-corrected chi connectivity index (χ0v) is 13.5. The zero-order chi connectivity index (χ0) is 16.4. The fourth-order valence-electron chi connectivity index (χ4n) is 2.13. The third-order valence-corrected chi connectivity index (χ3v) is 3.78. The van der Waals surface area contributed by atoms with E-state index < -0.39 is 11.9 Å². The molecule has 1 atom stereocenters. The number of nitrogens with zero attached hydrogens (tertiary/aromatic N) is 1. The van der Waals surface area contributed by atoms with Gasteiger partial charge in [0.25, 0.3) is 0 Å². The molecule has 6 heteroatoms. The summed E-state index contributed by atoms with van der Waals surface area (Å²) in [4.78, 5) is 25.1. The lowest BCUT2D eigenvalue weighted by atomic mass is 10.1. The van der Waals surface area contributed by atoms with Crippen molar-refractivity contribution in [3.8, 4) is 0 Å². The summed E-state index contributed by atoms with van der Waals surface area (Å²) in [7, 11) is 0. The fraction of sp³-hybridized carbons (Fsp3) is 0.750. The van der Waals surface area contributed by atoms with Gasteiger partial charge in [-0.3, -0.25) is 4.90 Å². The van der Waals surface area contributed by atoms with Crippen LogP contribution >= 0.6 is 0 Å². The lowest BCUT2D eigenvalue weighted by Gasteiger charge is -2.26. The van der Waals surface area contributed by atoms with E-state index in [1.54, 1.807) is 0 Å². The lowest BCUT2D eigenvalue weighted by Crippen LogP contribution is -2.36. The van der Waals surface area contributed by atoms with Crippen molar-refractivity contribution in [3.63, 3.8) is 0 Å². The maximum Gasteiger partial charge on any atom is 0.334 e. The number of carbonyl (C=O) groups is 2. The van der Waals surface area contributed by atoms with Gasteiger partial charge in [-0.1, -0.05) is 20.3 Å². The Morgan fingerprint density at radius 1 is 1.36 bits per heavy atom. The number of carboxylic acids is 1. The molecule has 0 aliphatic carbocycles. The second kappa shape index (κ2) is 10.3. The van der Waals surface area contributed by atoms with E-state index in [1.165, 1.54) is 0 Å². The van der Waals surface area contributed by atoms with E-state index >= 15 is 0 Å². The van der Waals surface area contributed by atoms with Crippen LogP contribution in [0.25, 0.3) is 0 Å². The van der Waals surface area contributed by atoms with Crippen LogP contribution in [0.4, 0.5) is 0 Å². The largest absolute Gasteiger partial charge is 0.478 e. The van der Waals surface area contributed by atoms with E-state index in [2.05, 4.69) is 4.90 Å². The molecule has 1 aliphatic heterocycles. The second-order valence-corrected chi connectivity index (χ2v) is 5.68. The molecule has 6 nitrogen and oxygen atoms in total. The van der Waals surface area contributed by atoms with Gasteiger partial charge < -0.3 is 14.6 Å². The van der Waals surface area contributed by atoms with Crippen molar-refractivity contribution >= 4 is 11.9 Å². The minimum absolute atomic E-state index is 0.240. The van der Waals surface area contributed by atoms with Gasteiger partial charge in [-0.25, -0.2) is 9.59 Å². The highest BCUT2D eigenvalue weighted by Crippen LogP contribution is 2.11. The molecule has 1 heterocycles. The van der Waals surface area contributed by atoms with Crippen LogP contribution in [0.2, 0.25) is 0 Å². The molecule has 1 fully saturated rings. The van der Waals surface area contributed by atoms with E-state index in [9.17, 15) is 9.59 Å². The van der Waals surface area contributed by atoms with Crippen molar-refractivity contribution in [2.45, 2.75) is 33.1 Å². The average Bonchev–Trinajstić information content (AvgIpc) is 2.51. The molecule has 0 spiro atoms. The first-order chi connectivity index (χ1) is 10.5. The number of morpholine rings is 1. The predicted octanol–water partition coefficient (Wildman–Crippen LogP) is 1.70. The van der Waals surface area contributed by atoms with E-state index in [4.69, 9.17) is 14.6 Å². The van der Waals surface area contributed by atoms with E-state index in [1.807, 2.05) is 13.8 Å². The lowest BCUT2D eigenvalue weighted by molar-refractivity contribution is -0.141. The molecule has 0 radical (unpaired) electrons. The molecular weight excluding hydrogens is 286 g/mol. The molecule has 1 unspecified atom stereocenters. The molecular formula is C16H27NO5. The molecule has 1 rings (SSSR count). The summed E-state index contributed by atoms with van der Waals surface area (Å²) in [5.41, 5.74) is 0.240.